The number of guanidine groups is 1. The number of aliphatic imine (C=N–C) groups is 1. The molecule has 112 valence electrons. The van der Waals surface area contributed by atoms with E-state index in [1.807, 2.05) is 7.05 Å². The van der Waals surface area contributed by atoms with Crippen molar-refractivity contribution in [2.75, 3.05) is 27.2 Å². The van der Waals surface area contributed by atoms with Crippen molar-refractivity contribution in [1.29, 1.82) is 0 Å². The monoisotopic (exact) mass is 388 g/mol. The highest BCUT2D eigenvalue weighted by Crippen LogP contribution is 2.24. The van der Waals surface area contributed by atoms with E-state index in [0.717, 1.165) is 25.5 Å². The molecule has 2 atom stereocenters. The molecule has 2 rings (SSSR count). The number of hydrogen-bond donors (Lipinski definition) is 2. The second kappa shape index (κ2) is 8.46. The third-order valence-corrected chi connectivity index (χ3v) is 3.85. The van der Waals surface area contributed by atoms with E-state index in [2.05, 4.69) is 57.8 Å². The third kappa shape index (κ3) is 4.34. The van der Waals surface area contributed by atoms with Gasteiger partial charge < -0.3 is 10.6 Å². The number of halogens is 1. The standard InChI is InChI=1S/C15H24N4.HI/c1-12(13-7-5-4-6-8-13)19-10-9-14(11-19)18-15(16-2)17-3;/h4-8,12,14H,9-11H2,1-3H3,(H2,16,17,18);1H. The lowest BCUT2D eigenvalue weighted by molar-refractivity contribution is 0.258. The third-order valence-electron chi connectivity index (χ3n) is 3.85. The fourth-order valence-corrected chi connectivity index (χ4v) is 2.64. The molecule has 1 heterocycles. The molecular formula is C15H25IN4. The van der Waals surface area contributed by atoms with Crippen LogP contribution in [-0.2, 0) is 0 Å². The van der Waals surface area contributed by atoms with E-state index in [1.165, 1.54) is 5.56 Å². The van der Waals surface area contributed by atoms with Crippen molar-refractivity contribution >= 4 is 29.9 Å². The second-order valence-corrected chi connectivity index (χ2v) is 5.03. The first-order valence-electron chi connectivity index (χ1n) is 6.94. The number of nitrogens with zero attached hydrogens (tertiary/aromatic N) is 2. The van der Waals surface area contributed by atoms with Crippen LogP contribution in [0.15, 0.2) is 35.3 Å². The molecule has 0 saturated carbocycles. The molecule has 1 aliphatic heterocycles. The molecule has 0 aromatic heterocycles. The van der Waals surface area contributed by atoms with Gasteiger partial charge in [0.15, 0.2) is 5.96 Å². The van der Waals surface area contributed by atoms with Gasteiger partial charge in [-0.3, -0.25) is 9.89 Å². The van der Waals surface area contributed by atoms with Crippen molar-refractivity contribution in [2.45, 2.75) is 25.4 Å². The van der Waals surface area contributed by atoms with Gasteiger partial charge in [-0.15, -0.1) is 24.0 Å². The Morgan fingerprint density at radius 2 is 2.05 bits per heavy atom. The normalized spacial score (nSPS) is 21.1. The summed E-state index contributed by atoms with van der Waals surface area (Å²) in [4.78, 5) is 6.70. The molecule has 1 aliphatic rings. The zero-order valence-electron chi connectivity index (χ0n) is 12.5. The maximum absolute atomic E-state index is 4.17. The zero-order valence-corrected chi connectivity index (χ0v) is 14.8. The van der Waals surface area contributed by atoms with Crippen molar-refractivity contribution in [2.24, 2.45) is 4.99 Å². The Morgan fingerprint density at radius 1 is 1.35 bits per heavy atom. The fraction of sp³-hybridized carbons (Fsp3) is 0.533. The van der Waals surface area contributed by atoms with E-state index in [1.54, 1.807) is 7.05 Å². The van der Waals surface area contributed by atoms with Crippen molar-refractivity contribution < 1.29 is 0 Å². The zero-order chi connectivity index (χ0) is 13.7. The summed E-state index contributed by atoms with van der Waals surface area (Å²) in [5.74, 6) is 0.874. The van der Waals surface area contributed by atoms with Gasteiger partial charge >= 0.3 is 0 Å². The van der Waals surface area contributed by atoms with Crippen LogP contribution < -0.4 is 10.6 Å². The smallest absolute Gasteiger partial charge is 0.190 e. The molecule has 2 N–H and O–H groups in total. The van der Waals surface area contributed by atoms with Gasteiger partial charge in [0, 0.05) is 39.3 Å². The molecule has 1 aromatic carbocycles. The molecule has 4 nitrogen and oxygen atoms in total. The lowest BCUT2D eigenvalue weighted by atomic mass is 10.1. The Labute approximate surface area is 139 Å². The average Bonchev–Trinajstić information content (AvgIpc) is 2.93. The van der Waals surface area contributed by atoms with Gasteiger partial charge in [0.2, 0.25) is 0 Å². The van der Waals surface area contributed by atoms with Gasteiger partial charge in [-0.25, -0.2) is 0 Å². The van der Waals surface area contributed by atoms with Gasteiger partial charge in [-0.2, -0.15) is 0 Å². The van der Waals surface area contributed by atoms with Crippen LogP contribution in [0.1, 0.15) is 24.9 Å². The van der Waals surface area contributed by atoms with Crippen molar-refractivity contribution in [3.63, 3.8) is 0 Å². The molecule has 20 heavy (non-hydrogen) atoms. The Hall–Kier alpha value is -0.820. The van der Waals surface area contributed by atoms with Crippen molar-refractivity contribution in [3.05, 3.63) is 35.9 Å². The van der Waals surface area contributed by atoms with E-state index < -0.39 is 0 Å². The van der Waals surface area contributed by atoms with Gasteiger partial charge in [-0.05, 0) is 18.9 Å². The molecule has 2 unspecified atom stereocenters. The molecule has 0 bridgehead atoms. The Morgan fingerprint density at radius 3 is 2.65 bits per heavy atom. The van der Waals surface area contributed by atoms with Crippen LogP contribution in [0.5, 0.6) is 0 Å². The molecule has 0 aliphatic carbocycles. The first-order chi connectivity index (χ1) is 9.24. The van der Waals surface area contributed by atoms with Gasteiger partial charge in [0.05, 0.1) is 0 Å². The minimum atomic E-state index is 0. The summed E-state index contributed by atoms with van der Waals surface area (Å²) in [6.07, 6.45) is 1.16. The highest BCUT2D eigenvalue weighted by atomic mass is 127. The molecule has 0 amide bonds. The summed E-state index contributed by atoms with van der Waals surface area (Å²) in [5.41, 5.74) is 1.39. The van der Waals surface area contributed by atoms with E-state index in [0.29, 0.717) is 12.1 Å². The molecule has 5 heteroatoms. The summed E-state index contributed by atoms with van der Waals surface area (Å²) in [6, 6.07) is 11.7. The minimum absolute atomic E-state index is 0. The summed E-state index contributed by atoms with van der Waals surface area (Å²) in [7, 11) is 3.70. The second-order valence-electron chi connectivity index (χ2n) is 5.03. The van der Waals surface area contributed by atoms with Crippen LogP contribution in [0.4, 0.5) is 0 Å². The number of benzene rings is 1. The number of likely N-dealkylation sites (tertiary alicyclic amines) is 1. The van der Waals surface area contributed by atoms with Gasteiger partial charge in [0.25, 0.3) is 0 Å². The summed E-state index contributed by atoms with van der Waals surface area (Å²) < 4.78 is 0. The quantitative estimate of drug-likeness (QED) is 0.474. The number of rotatable bonds is 3. The highest BCUT2D eigenvalue weighted by Gasteiger charge is 2.26. The molecule has 0 spiro atoms. The maximum atomic E-state index is 4.17. The van der Waals surface area contributed by atoms with Crippen LogP contribution in [-0.4, -0.2) is 44.1 Å². The predicted molar refractivity (Wildman–Crippen MR) is 95.8 cm³/mol. The summed E-state index contributed by atoms with van der Waals surface area (Å²) >= 11 is 0. The molecule has 1 saturated heterocycles. The lowest BCUT2D eigenvalue weighted by Crippen LogP contribution is -2.43. The van der Waals surface area contributed by atoms with E-state index in [-0.39, 0.29) is 24.0 Å². The predicted octanol–water partition coefficient (Wildman–Crippen LogP) is 2.23. The largest absolute Gasteiger partial charge is 0.359 e. The molecular weight excluding hydrogens is 363 g/mol. The summed E-state index contributed by atoms with van der Waals surface area (Å²) in [6.45, 7) is 4.48. The highest BCUT2D eigenvalue weighted by molar-refractivity contribution is 14.0. The first kappa shape index (κ1) is 17.2. The van der Waals surface area contributed by atoms with Crippen LogP contribution in [0.25, 0.3) is 0 Å². The van der Waals surface area contributed by atoms with Gasteiger partial charge in [-0.1, -0.05) is 30.3 Å². The lowest BCUT2D eigenvalue weighted by Gasteiger charge is -2.25. The van der Waals surface area contributed by atoms with Crippen molar-refractivity contribution in [3.8, 4) is 0 Å². The Bertz CT molecular complexity index is 421. The number of nitrogens with one attached hydrogen (secondary N) is 2. The van der Waals surface area contributed by atoms with Crippen LogP contribution in [0.3, 0.4) is 0 Å². The minimum Gasteiger partial charge on any atom is -0.359 e. The van der Waals surface area contributed by atoms with Gasteiger partial charge in [0.1, 0.15) is 0 Å². The average molecular weight is 388 g/mol. The summed E-state index contributed by atoms with van der Waals surface area (Å²) in [5, 5.41) is 6.52. The Balaban J connectivity index is 0.00000200. The van der Waals surface area contributed by atoms with E-state index >= 15 is 0 Å². The molecule has 1 aromatic rings. The SMILES string of the molecule is CN=C(NC)NC1CCN(C(C)c2ccccc2)C1.I. The van der Waals surface area contributed by atoms with Crippen molar-refractivity contribution in [1.82, 2.24) is 15.5 Å². The topological polar surface area (TPSA) is 39.7 Å². The first-order valence-corrected chi connectivity index (χ1v) is 6.94. The van der Waals surface area contributed by atoms with E-state index in [9.17, 15) is 0 Å². The van der Waals surface area contributed by atoms with Crippen LogP contribution >= 0.6 is 24.0 Å². The maximum Gasteiger partial charge on any atom is 0.190 e. The molecule has 1 fully saturated rings. The Kier molecular flexibility index (Phi) is 7.29. The van der Waals surface area contributed by atoms with Crippen LogP contribution in [0.2, 0.25) is 0 Å². The number of hydrogen-bond acceptors (Lipinski definition) is 2. The van der Waals surface area contributed by atoms with E-state index in [4.69, 9.17) is 0 Å². The van der Waals surface area contributed by atoms with Crippen LogP contribution in [0, 0.1) is 0 Å². The fourth-order valence-electron chi connectivity index (χ4n) is 2.64. The molecule has 0 radical (unpaired) electrons.